The average molecular weight is 811 g/mol. The second-order valence-corrected chi connectivity index (χ2v) is 29.1. The normalized spacial score (nSPS) is 24.5. The number of ether oxygens (including phenoxy) is 4. The van der Waals surface area contributed by atoms with Crippen molar-refractivity contribution in [1.29, 1.82) is 0 Å². The van der Waals surface area contributed by atoms with Crippen molar-refractivity contribution in [3.63, 3.8) is 0 Å². The lowest BCUT2D eigenvalue weighted by atomic mass is 9.94. The van der Waals surface area contributed by atoms with Crippen molar-refractivity contribution in [2.24, 2.45) is 0 Å². The Bertz CT molecular complexity index is 1890. The van der Waals surface area contributed by atoms with Gasteiger partial charge in [0.2, 0.25) is 0 Å². The third kappa shape index (κ3) is 8.96. The van der Waals surface area contributed by atoms with Gasteiger partial charge in [0.1, 0.15) is 30.3 Å². The topological polar surface area (TPSA) is 97.1 Å². The highest BCUT2D eigenvalue weighted by Crippen LogP contribution is 2.51. The summed E-state index contributed by atoms with van der Waals surface area (Å²) in [6, 6.07) is 5.35. The number of nitrogens with zero attached hydrogens (tertiary/aromatic N) is 3. The highest BCUT2D eigenvalue weighted by Gasteiger charge is 2.53. The molecule has 2 aliphatic heterocycles. The number of hydrogen-bond donors (Lipinski definition) is 1. The van der Waals surface area contributed by atoms with E-state index in [1.54, 1.807) is 24.5 Å². The molecule has 0 spiro atoms. The highest BCUT2D eigenvalue weighted by atomic mass is 35.5. The first-order valence-electron chi connectivity index (χ1n) is 18.8. The molecule has 0 saturated carbocycles. The van der Waals surface area contributed by atoms with Crippen LogP contribution in [0.4, 0.5) is 13.2 Å². The third-order valence-electron chi connectivity index (χ3n) is 11.0. The number of aliphatic hydroxyl groups is 1. The maximum atomic E-state index is 15.6. The molecule has 3 aromatic rings. The molecule has 5 atom stereocenters. The summed E-state index contributed by atoms with van der Waals surface area (Å²) in [5.74, 6) is -4.87. The molecule has 2 saturated heterocycles. The number of pyridine rings is 1. The number of alkyl halides is 2. The minimum atomic E-state index is -3.26. The number of benzene rings is 1. The van der Waals surface area contributed by atoms with Gasteiger partial charge in [-0.1, -0.05) is 64.2 Å². The second-order valence-electron chi connectivity index (χ2n) is 18.4. The van der Waals surface area contributed by atoms with Gasteiger partial charge in [-0.25, -0.2) is 18.2 Å². The van der Waals surface area contributed by atoms with Crippen molar-refractivity contribution in [1.82, 2.24) is 14.5 Å². The highest BCUT2D eigenvalue weighted by molar-refractivity contribution is 6.76. The summed E-state index contributed by atoms with van der Waals surface area (Å²) in [5.41, 5.74) is -0.144. The van der Waals surface area contributed by atoms with Gasteiger partial charge in [-0.15, -0.1) is 0 Å². The molecule has 298 valence electrons. The predicted molar refractivity (Wildman–Crippen MR) is 209 cm³/mol. The summed E-state index contributed by atoms with van der Waals surface area (Å²) in [5, 5.41) is 10.3. The summed E-state index contributed by atoms with van der Waals surface area (Å²) >= 11 is 6.77. The van der Waals surface area contributed by atoms with Crippen LogP contribution in [-0.2, 0) is 37.7 Å². The van der Waals surface area contributed by atoms with Gasteiger partial charge in [0.25, 0.3) is 5.92 Å². The van der Waals surface area contributed by atoms with Gasteiger partial charge in [-0.3, -0.25) is 4.57 Å². The van der Waals surface area contributed by atoms with Crippen molar-refractivity contribution in [3.05, 3.63) is 57.5 Å². The van der Waals surface area contributed by atoms with Crippen LogP contribution in [0.25, 0.3) is 17.2 Å². The van der Waals surface area contributed by atoms with Crippen molar-refractivity contribution in [2.75, 3.05) is 19.8 Å². The van der Waals surface area contributed by atoms with E-state index in [9.17, 15) is 5.11 Å². The number of halogens is 4. The molecule has 1 aliphatic carbocycles. The molecule has 9 nitrogen and oxygen atoms in total. The first kappa shape index (κ1) is 41.3. The van der Waals surface area contributed by atoms with Crippen molar-refractivity contribution in [3.8, 4) is 6.01 Å². The van der Waals surface area contributed by atoms with Crippen molar-refractivity contribution in [2.45, 2.75) is 140 Å². The zero-order chi connectivity index (χ0) is 39.6. The Morgan fingerprint density at radius 1 is 1.02 bits per heavy atom. The number of fused-ring (bicyclic) bond motifs is 3. The molecule has 1 aromatic carbocycles. The molecule has 0 bridgehead atoms. The Morgan fingerprint density at radius 3 is 2.33 bits per heavy atom. The molecule has 6 rings (SSSR count). The lowest BCUT2D eigenvalue weighted by Crippen LogP contribution is -2.47. The van der Waals surface area contributed by atoms with Crippen LogP contribution in [0.15, 0.2) is 24.3 Å². The molecule has 15 heteroatoms. The smallest absolute Gasteiger partial charge is 0.301 e. The Hall–Kier alpha value is -2.31. The molecular formula is C39H55ClF3N3O6Si2. The summed E-state index contributed by atoms with van der Waals surface area (Å²) in [4.78, 5) is 9.62. The van der Waals surface area contributed by atoms with E-state index in [0.717, 1.165) is 6.04 Å². The molecule has 2 aromatic heterocycles. The monoisotopic (exact) mass is 809 g/mol. The van der Waals surface area contributed by atoms with E-state index in [4.69, 9.17) is 44.9 Å². The van der Waals surface area contributed by atoms with Gasteiger partial charge < -0.3 is 28.5 Å². The van der Waals surface area contributed by atoms with E-state index in [0.29, 0.717) is 30.1 Å². The standard InChI is InChI=1S/C39H55ClF3N3O6Si2/c1-37(2,3)54(9,10)52-31-21-50-33-30(20-49-34(31)33)51-36-45-29-18-26(40)28(44-35(29)46(36)22-48-13-14-53(6,7)8)17-24-19-39(42,43)25-15-23(11-12-38(4,5)47)16-27(41)32(24)25/h11-12,15-16,18,24,30-31,33-34,47H,13-14,17,19-22H2,1-10H3/b12-11+/t24?,30-,31-,33-,34-/m1/s1. The van der Waals surface area contributed by atoms with E-state index in [1.165, 1.54) is 24.3 Å². The van der Waals surface area contributed by atoms with Crippen molar-refractivity contribution >= 4 is 45.2 Å². The van der Waals surface area contributed by atoms with Crippen molar-refractivity contribution < 1.29 is 41.7 Å². The van der Waals surface area contributed by atoms with Crippen LogP contribution in [0, 0.1) is 5.82 Å². The molecule has 54 heavy (non-hydrogen) atoms. The fourth-order valence-electron chi connectivity index (χ4n) is 6.93. The van der Waals surface area contributed by atoms with Crippen LogP contribution in [0.1, 0.15) is 69.3 Å². The summed E-state index contributed by atoms with van der Waals surface area (Å²) in [6.07, 6.45) is 0.954. The largest absolute Gasteiger partial charge is 0.456 e. The van der Waals surface area contributed by atoms with E-state index in [1.807, 2.05) is 0 Å². The van der Waals surface area contributed by atoms with E-state index in [-0.39, 0.29) is 70.8 Å². The van der Waals surface area contributed by atoms with Gasteiger partial charge in [0.15, 0.2) is 20.1 Å². The minimum Gasteiger partial charge on any atom is -0.456 e. The molecular weight excluding hydrogens is 755 g/mol. The number of rotatable bonds is 13. The SMILES string of the molecule is CC(C)(O)/C=C/c1cc(F)c2c(c1)C(F)(F)CC2Cc1nc2c(cc1Cl)nc(O[C@@H]1CO[C@H]3[C@@H]1OC[C@H]3O[Si](C)(C)C(C)(C)C)n2COCC[Si](C)(C)C. The van der Waals surface area contributed by atoms with Crippen LogP contribution in [0.3, 0.4) is 0 Å². The molecule has 1 unspecified atom stereocenters. The Kier molecular flexibility index (Phi) is 11.4. The number of hydrogen-bond acceptors (Lipinski definition) is 8. The number of aromatic nitrogens is 3. The van der Waals surface area contributed by atoms with Crippen LogP contribution < -0.4 is 4.74 Å². The molecule has 0 radical (unpaired) electrons. The van der Waals surface area contributed by atoms with E-state index in [2.05, 4.69) is 53.5 Å². The Balaban J connectivity index is 1.28. The lowest BCUT2D eigenvalue weighted by molar-refractivity contribution is -0.00683. The third-order valence-corrected chi connectivity index (χ3v) is 17.5. The van der Waals surface area contributed by atoms with E-state index >= 15 is 13.2 Å². The zero-order valence-electron chi connectivity index (χ0n) is 33.1. The van der Waals surface area contributed by atoms with Crippen LogP contribution in [0.5, 0.6) is 6.01 Å². The lowest BCUT2D eigenvalue weighted by Gasteiger charge is -2.39. The second kappa shape index (κ2) is 14.9. The fourth-order valence-corrected chi connectivity index (χ4v) is 9.22. The van der Waals surface area contributed by atoms with Crippen LogP contribution >= 0.6 is 11.6 Å². The average Bonchev–Trinajstić information content (AvgIpc) is 3.76. The van der Waals surface area contributed by atoms with Crippen LogP contribution in [-0.4, -0.2) is 85.9 Å². The molecule has 2 fully saturated rings. The summed E-state index contributed by atoms with van der Waals surface area (Å²) in [7, 11) is -3.47. The van der Waals surface area contributed by atoms with Gasteiger partial charge in [-0.2, -0.15) is 4.98 Å². The first-order valence-corrected chi connectivity index (χ1v) is 25.8. The summed E-state index contributed by atoms with van der Waals surface area (Å²) in [6.45, 7) is 22.2. The zero-order valence-corrected chi connectivity index (χ0v) is 35.8. The fraction of sp³-hybridized carbons (Fsp3) is 0.641. The van der Waals surface area contributed by atoms with E-state index < -0.39 is 52.2 Å². The molecule has 4 heterocycles. The number of imidazole rings is 1. The van der Waals surface area contributed by atoms with Gasteiger partial charge >= 0.3 is 6.01 Å². The van der Waals surface area contributed by atoms with Gasteiger partial charge in [0.05, 0.1) is 35.6 Å². The maximum Gasteiger partial charge on any atom is 0.301 e. The maximum absolute atomic E-state index is 15.6. The van der Waals surface area contributed by atoms with Gasteiger partial charge in [0, 0.05) is 32.2 Å². The van der Waals surface area contributed by atoms with Crippen LogP contribution in [0.2, 0.25) is 48.8 Å². The Morgan fingerprint density at radius 2 is 1.69 bits per heavy atom. The molecule has 0 amide bonds. The summed E-state index contributed by atoms with van der Waals surface area (Å²) < 4.78 is 80.2. The Labute approximate surface area is 323 Å². The minimum absolute atomic E-state index is 0.0192. The first-order chi connectivity index (χ1) is 24.9. The van der Waals surface area contributed by atoms with Gasteiger partial charge in [-0.05, 0) is 74.1 Å². The predicted octanol–water partition coefficient (Wildman–Crippen LogP) is 9.08. The quantitative estimate of drug-likeness (QED) is 0.135. The molecule has 1 N–H and O–H groups in total. The molecule has 3 aliphatic rings.